The fourth-order valence-electron chi connectivity index (χ4n) is 2.13. The summed E-state index contributed by atoms with van der Waals surface area (Å²) >= 11 is 0. The number of hydrogen-bond acceptors (Lipinski definition) is 5. The summed E-state index contributed by atoms with van der Waals surface area (Å²) < 4.78 is 57.8. The van der Waals surface area contributed by atoms with E-state index in [0.717, 1.165) is 30.4 Å². The number of nitrogens with zero attached hydrogens (tertiary/aromatic N) is 1. The van der Waals surface area contributed by atoms with Crippen molar-refractivity contribution in [3.05, 3.63) is 69.8 Å². The predicted molar refractivity (Wildman–Crippen MR) is 86.2 cm³/mol. The first-order chi connectivity index (χ1) is 12.8. The molecule has 0 aliphatic carbocycles. The summed E-state index contributed by atoms with van der Waals surface area (Å²) in [5, 5.41) is 10.9. The Kier molecular flexibility index (Phi) is 6.47. The molecule has 0 spiro atoms. The fraction of sp³-hybridized carbons (Fsp3) is 0.118. The number of nitro groups is 1. The highest BCUT2D eigenvalue weighted by Gasteiger charge is 2.17. The molecule has 6 nitrogen and oxygen atoms in total. The third-order valence-electron chi connectivity index (χ3n) is 3.21. The van der Waals surface area contributed by atoms with Gasteiger partial charge in [0.15, 0.2) is 5.78 Å². The zero-order valence-corrected chi connectivity index (χ0v) is 13.4. The Labute approximate surface area is 149 Å². The third kappa shape index (κ3) is 5.53. The van der Waals surface area contributed by atoms with Crippen molar-refractivity contribution in [2.75, 3.05) is 0 Å². The van der Waals surface area contributed by atoms with Crippen LogP contribution in [0.15, 0.2) is 48.5 Å². The molecule has 10 heteroatoms. The average molecular weight is 385 g/mol. The van der Waals surface area contributed by atoms with E-state index in [1.807, 2.05) is 0 Å². The maximum Gasteiger partial charge on any atom is 0.387 e. The summed E-state index contributed by atoms with van der Waals surface area (Å²) in [6.45, 7) is -6.50. The monoisotopic (exact) mass is 385 g/mol. The zero-order valence-electron chi connectivity index (χ0n) is 13.4. The van der Waals surface area contributed by atoms with E-state index in [0.29, 0.717) is 0 Å². The Hall–Kier alpha value is -3.43. The van der Waals surface area contributed by atoms with Crippen molar-refractivity contribution in [1.29, 1.82) is 0 Å². The first-order valence-electron chi connectivity index (χ1n) is 7.27. The molecule has 0 atom stereocenters. The van der Waals surface area contributed by atoms with Gasteiger partial charge in [0.25, 0.3) is 5.69 Å². The molecule has 2 rings (SSSR count). The van der Waals surface area contributed by atoms with Gasteiger partial charge in [-0.3, -0.25) is 14.9 Å². The average Bonchev–Trinajstić information content (AvgIpc) is 2.59. The number of halogens is 4. The van der Waals surface area contributed by atoms with Crippen molar-refractivity contribution in [2.45, 2.75) is 13.2 Å². The molecule has 0 N–H and O–H groups in total. The number of para-hydroxylation sites is 1. The van der Waals surface area contributed by atoms with E-state index in [2.05, 4.69) is 9.47 Å². The van der Waals surface area contributed by atoms with Crippen LogP contribution in [0.5, 0.6) is 11.5 Å². The number of alkyl halides is 4. The maximum atomic E-state index is 12.5. The van der Waals surface area contributed by atoms with Crippen LogP contribution >= 0.6 is 0 Å². The van der Waals surface area contributed by atoms with Crippen LogP contribution in [-0.2, 0) is 0 Å². The van der Waals surface area contributed by atoms with Gasteiger partial charge in [-0.25, -0.2) is 0 Å². The SMILES string of the molecule is O=C(/C=C/c1ccccc1[N+](=O)[O-])c1ccc(OC(F)F)cc1OC(F)F. The number of rotatable bonds is 8. The molecule has 0 saturated heterocycles. The summed E-state index contributed by atoms with van der Waals surface area (Å²) in [4.78, 5) is 22.6. The Morgan fingerprint density at radius 2 is 1.70 bits per heavy atom. The van der Waals surface area contributed by atoms with Crippen molar-refractivity contribution in [3.63, 3.8) is 0 Å². The quantitative estimate of drug-likeness (QED) is 0.217. The first kappa shape index (κ1) is 19.9. The van der Waals surface area contributed by atoms with Crippen molar-refractivity contribution in [2.24, 2.45) is 0 Å². The lowest BCUT2D eigenvalue weighted by atomic mass is 10.1. The summed E-state index contributed by atoms with van der Waals surface area (Å²) in [6.07, 6.45) is 2.06. The Bertz CT molecular complexity index is 870. The molecule has 0 aromatic heterocycles. The van der Waals surface area contributed by atoms with Crippen LogP contribution in [0.25, 0.3) is 6.08 Å². The highest BCUT2D eigenvalue weighted by molar-refractivity contribution is 6.09. The molecular formula is C17H11F4NO5. The first-order valence-corrected chi connectivity index (χ1v) is 7.27. The molecule has 0 aliphatic rings. The van der Waals surface area contributed by atoms with Gasteiger partial charge in [0.05, 0.1) is 16.1 Å². The van der Waals surface area contributed by atoms with Gasteiger partial charge in [0, 0.05) is 12.1 Å². The Morgan fingerprint density at radius 3 is 2.33 bits per heavy atom. The van der Waals surface area contributed by atoms with E-state index >= 15 is 0 Å². The minimum Gasteiger partial charge on any atom is -0.435 e. The molecule has 0 radical (unpaired) electrons. The number of ether oxygens (including phenoxy) is 2. The number of carbonyl (C=O) groups excluding carboxylic acids is 1. The zero-order chi connectivity index (χ0) is 20.0. The normalized spacial score (nSPS) is 11.2. The molecule has 2 aromatic carbocycles. The summed E-state index contributed by atoms with van der Waals surface area (Å²) in [7, 11) is 0. The van der Waals surface area contributed by atoms with Crippen LogP contribution in [0.4, 0.5) is 23.2 Å². The minimum atomic E-state index is -3.31. The van der Waals surface area contributed by atoms with Gasteiger partial charge < -0.3 is 9.47 Å². The molecular weight excluding hydrogens is 374 g/mol. The van der Waals surface area contributed by atoms with E-state index in [4.69, 9.17) is 0 Å². The van der Waals surface area contributed by atoms with Gasteiger partial charge in [-0.05, 0) is 30.4 Å². The van der Waals surface area contributed by atoms with Gasteiger partial charge in [-0.15, -0.1) is 0 Å². The Balaban J connectivity index is 2.33. The number of ketones is 1. The standard InChI is InChI=1S/C17H11F4NO5/c18-16(19)26-11-6-7-12(15(9-11)27-17(20)21)14(23)8-5-10-3-1-2-4-13(10)22(24)25/h1-9,16-17H/b8-5+. The molecule has 0 heterocycles. The van der Waals surface area contributed by atoms with Gasteiger partial charge in [-0.1, -0.05) is 12.1 Å². The molecule has 0 fully saturated rings. The molecule has 0 bridgehead atoms. The second-order valence-electron chi connectivity index (χ2n) is 4.93. The van der Waals surface area contributed by atoms with E-state index in [1.165, 1.54) is 24.3 Å². The number of carbonyl (C=O) groups is 1. The third-order valence-corrected chi connectivity index (χ3v) is 3.21. The summed E-state index contributed by atoms with van der Waals surface area (Å²) in [6, 6.07) is 8.25. The van der Waals surface area contributed by atoms with Gasteiger partial charge in [0.1, 0.15) is 11.5 Å². The topological polar surface area (TPSA) is 78.7 Å². The van der Waals surface area contributed by atoms with Crippen molar-refractivity contribution in [3.8, 4) is 11.5 Å². The van der Waals surface area contributed by atoms with Gasteiger partial charge in [0.2, 0.25) is 0 Å². The summed E-state index contributed by atoms with van der Waals surface area (Å²) in [5.41, 5.74) is -0.497. The molecule has 0 amide bonds. The maximum absolute atomic E-state index is 12.5. The highest BCUT2D eigenvalue weighted by atomic mass is 19.3. The van der Waals surface area contributed by atoms with E-state index < -0.39 is 35.4 Å². The number of allylic oxidation sites excluding steroid dienone is 1. The summed E-state index contributed by atoms with van der Waals surface area (Å²) in [5.74, 6) is -1.97. The number of nitro benzene ring substituents is 1. The fourth-order valence-corrected chi connectivity index (χ4v) is 2.13. The molecule has 27 heavy (non-hydrogen) atoms. The van der Waals surface area contributed by atoms with Crippen LogP contribution in [-0.4, -0.2) is 23.9 Å². The lowest BCUT2D eigenvalue weighted by molar-refractivity contribution is -0.385. The van der Waals surface area contributed by atoms with Gasteiger partial charge >= 0.3 is 13.2 Å². The minimum absolute atomic E-state index is 0.116. The van der Waals surface area contributed by atoms with Crippen LogP contribution in [0.3, 0.4) is 0 Å². The van der Waals surface area contributed by atoms with Crippen molar-refractivity contribution >= 4 is 17.5 Å². The van der Waals surface area contributed by atoms with E-state index in [-0.39, 0.29) is 16.8 Å². The van der Waals surface area contributed by atoms with Crippen molar-refractivity contribution < 1.29 is 36.8 Å². The Morgan fingerprint density at radius 1 is 1.04 bits per heavy atom. The highest BCUT2D eigenvalue weighted by Crippen LogP contribution is 2.28. The molecule has 142 valence electrons. The molecule has 0 unspecified atom stereocenters. The second kappa shape index (κ2) is 8.79. The number of benzene rings is 2. The van der Waals surface area contributed by atoms with Crippen LogP contribution in [0.2, 0.25) is 0 Å². The lowest BCUT2D eigenvalue weighted by Crippen LogP contribution is -2.08. The van der Waals surface area contributed by atoms with E-state index in [9.17, 15) is 32.5 Å². The van der Waals surface area contributed by atoms with E-state index in [1.54, 1.807) is 0 Å². The molecule has 0 aliphatic heterocycles. The second-order valence-corrected chi connectivity index (χ2v) is 4.93. The smallest absolute Gasteiger partial charge is 0.387 e. The predicted octanol–water partition coefficient (Wildman–Crippen LogP) is 4.69. The van der Waals surface area contributed by atoms with Crippen LogP contribution in [0, 0.1) is 10.1 Å². The van der Waals surface area contributed by atoms with Crippen LogP contribution < -0.4 is 9.47 Å². The molecule has 2 aromatic rings. The molecule has 0 saturated carbocycles. The lowest BCUT2D eigenvalue weighted by Gasteiger charge is -2.11. The number of hydrogen-bond donors (Lipinski definition) is 0. The van der Waals surface area contributed by atoms with Crippen LogP contribution in [0.1, 0.15) is 15.9 Å². The van der Waals surface area contributed by atoms with Crippen molar-refractivity contribution in [1.82, 2.24) is 0 Å². The van der Waals surface area contributed by atoms with Gasteiger partial charge in [-0.2, -0.15) is 17.6 Å². The largest absolute Gasteiger partial charge is 0.435 e.